The van der Waals surface area contributed by atoms with Crippen molar-refractivity contribution in [3.63, 3.8) is 0 Å². The van der Waals surface area contributed by atoms with E-state index in [9.17, 15) is 23.5 Å². The molecule has 5 atom stereocenters. The molecule has 2 aromatic heterocycles. The van der Waals surface area contributed by atoms with E-state index in [0.717, 1.165) is 0 Å². The molecule has 3 rings (SSSR count). The van der Waals surface area contributed by atoms with Gasteiger partial charge in [0.15, 0.2) is 0 Å². The van der Waals surface area contributed by atoms with E-state index in [1.807, 2.05) is 6.92 Å². The van der Waals surface area contributed by atoms with E-state index < -0.39 is 42.4 Å². The zero-order valence-electron chi connectivity index (χ0n) is 19.6. The standard InChI is InChI=1S/C15H25N8O11P3/c1-9-4-12(7-31-36(27,28)34-37(29,30)33-35(24,25)26)32-15(9)23-6-11(14-19-21-22(3)20-14)5-13(16)18-8-17-10(23)2/h5-6,8-9,12,15H,4,7,16H2,1-3H3,(H,27,28)(H,29,30)(H2,24,25,26). The maximum Gasteiger partial charge on any atom is 0.490 e. The predicted octanol–water partition coefficient (Wildman–Crippen LogP) is 0.751. The van der Waals surface area contributed by atoms with Crippen molar-refractivity contribution in [2.75, 3.05) is 12.3 Å². The van der Waals surface area contributed by atoms with Gasteiger partial charge in [0.05, 0.1) is 19.8 Å². The average molecular weight is 586 g/mol. The number of nitrogen functional groups attached to an aromatic ring is 1. The number of phosphoric ester groups is 1. The smallest absolute Gasteiger partial charge is 0.384 e. The fraction of sp³-hybridized carbons (Fsp3) is 0.533. The molecule has 1 saturated heterocycles. The molecule has 3 heterocycles. The minimum absolute atomic E-state index is 0.131. The molecule has 0 bridgehead atoms. The first-order chi connectivity index (χ1) is 17.0. The lowest BCUT2D eigenvalue weighted by atomic mass is 10.1. The first kappa shape index (κ1) is 29.4. The molecular weight excluding hydrogens is 561 g/mol. The van der Waals surface area contributed by atoms with Crippen LogP contribution in [0.15, 0.2) is 18.6 Å². The molecule has 5 unspecified atom stereocenters. The molecule has 1 aliphatic heterocycles. The first-order valence-electron chi connectivity index (χ1n) is 10.3. The minimum Gasteiger partial charge on any atom is -0.384 e. The molecule has 0 aromatic carbocycles. The van der Waals surface area contributed by atoms with Crippen molar-refractivity contribution in [3.05, 3.63) is 24.4 Å². The van der Waals surface area contributed by atoms with Crippen LogP contribution < -0.4 is 5.73 Å². The third kappa shape index (κ3) is 8.70. The number of aromatic nitrogens is 7. The van der Waals surface area contributed by atoms with Crippen LogP contribution in [0.3, 0.4) is 0 Å². The summed E-state index contributed by atoms with van der Waals surface area (Å²) in [6, 6.07) is 1.51. The van der Waals surface area contributed by atoms with E-state index in [1.165, 1.54) is 17.2 Å². The van der Waals surface area contributed by atoms with Crippen molar-refractivity contribution in [2.45, 2.75) is 32.6 Å². The number of phosphoric acid groups is 3. The molecule has 19 nitrogen and oxygen atoms in total. The number of anilines is 1. The van der Waals surface area contributed by atoms with Gasteiger partial charge in [-0.3, -0.25) is 4.52 Å². The van der Waals surface area contributed by atoms with Gasteiger partial charge in [0.25, 0.3) is 0 Å². The Morgan fingerprint density at radius 3 is 2.49 bits per heavy atom. The van der Waals surface area contributed by atoms with Gasteiger partial charge in [0, 0.05) is 17.7 Å². The van der Waals surface area contributed by atoms with Crippen LogP contribution in [0.1, 0.15) is 25.4 Å². The molecule has 1 fully saturated rings. The third-order valence-electron chi connectivity index (χ3n) is 4.74. The molecule has 0 aliphatic carbocycles. The monoisotopic (exact) mass is 586 g/mol. The molecule has 206 valence electrons. The van der Waals surface area contributed by atoms with E-state index in [4.69, 9.17) is 24.8 Å². The Morgan fingerprint density at radius 2 is 1.86 bits per heavy atom. The van der Waals surface area contributed by atoms with Crippen molar-refractivity contribution in [1.82, 2.24) is 34.7 Å². The Morgan fingerprint density at radius 1 is 1.16 bits per heavy atom. The third-order valence-corrected chi connectivity index (χ3v) is 8.54. The van der Waals surface area contributed by atoms with Crippen molar-refractivity contribution >= 4 is 29.3 Å². The van der Waals surface area contributed by atoms with Gasteiger partial charge in [0.1, 0.15) is 24.2 Å². The van der Waals surface area contributed by atoms with Crippen LogP contribution in [0, 0.1) is 12.8 Å². The van der Waals surface area contributed by atoms with E-state index in [-0.39, 0.29) is 17.6 Å². The fourth-order valence-corrected chi connectivity index (χ4v) is 6.40. The number of nitrogens with two attached hydrogens (primary N) is 1. The minimum atomic E-state index is -5.62. The number of rotatable bonds is 9. The van der Waals surface area contributed by atoms with Crippen LogP contribution in [-0.4, -0.2) is 67.0 Å². The van der Waals surface area contributed by atoms with Gasteiger partial charge in [-0.15, -0.1) is 10.2 Å². The van der Waals surface area contributed by atoms with E-state index in [1.54, 1.807) is 24.7 Å². The molecule has 22 heteroatoms. The number of hydrogen-bond donors (Lipinski definition) is 5. The number of hydrogen-bond acceptors (Lipinski definition) is 13. The zero-order chi connectivity index (χ0) is 27.6. The first-order valence-corrected chi connectivity index (χ1v) is 14.8. The van der Waals surface area contributed by atoms with Gasteiger partial charge < -0.3 is 34.6 Å². The summed E-state index contributed by atoms with van der Waals surface area (Å²) in [6.07, 6.45) is 1.71. The maximum absolute atomic E-state index is 12.0. The largest absolute Gasteiger partial charge is 0.490 e. The van der Waals surface area contributed by atoms with Crippen LogP contribution >= 0.6 is 23.5 Å². The second kappa shape index (κ2) is 11.3. The highest BCUT2D eigenvalue weighted by Crippen LogP contribution is 2.66. The lowest BCUT2D eigenvalue weighted by molar-refractivity contribution is -0.0323. The predicted molar refractivity (Wildman–Crippen MR) is 122 cm³/mol. The Labute approximate surface area is 209 Å². The fourth-order valence-electron chi connectivity index (χ4n) is 3.35. The maximum atomic E-state index is 12.0. The van der Waals surface area contributed by atoms with Crippen LogP contribution in [0.5, 0.6) is 0 Å². The van der Waals surface area contributed by atoms with E-state index >= 15 is 0 Å². The second-order valence-electron chi connectivity index (χ2n) is 7.83. The highest BCUT2D eigenvalue weighted by atomic mass is 31.3. The van der Waals surface area contributed by atoms with Gasteiger partial charge in [-0.1, -0.05) is 6.92 Å². The molecular formula is C15H25N8O11P3. The Hall–Kier alpha value is -2.14. The van der Waals surface area contributed by atoms with Gasteiger partial charge >= 0.3 is 23.5 Å². The van der Waals surface area contributed by atoms with Crippen LogP contribution in [0.4, 0.5) is 5.82 Å². The molecule has 0 amide bonds. The highest BCUT2D eigenvalue weighted by molar-refractivity contribution is 7.66. The summed E-state index contributed by atoms with van der Waals surface area (Å²) in [5.41, 5.74) is 6.35. The Kier molecular flexibility index (Phi) is 8.99. The van der Waals surface area contributed by atoms with Crippen molar-refractivity contribution in [1.29, 1.82) is 0 Å². The van der Waals surface area contributed by atoms with Gasteiger partial charge in [-0.05, 0) is 24.6 Å². The quantitative estimate of drug-likeness (QED) is 0.254. The normalized spacial score (nSPS) is 23.3. The molecule has 2 aromatic rings. The van der Waals surface area contributed by atoms with Gasteiger partial charge in [-0.25, -0.2) is 23.7 Å². The molecule has 0 spiro atoms. The summed E-state index contributed by atoms with van der Waals surface area (Å²) >= 11 is 0. The summed E-state index contributed by atoms with van der Waals surface area (Å²) in [7, 11) is -14.8. The number of ether oxygens (including phenoxy) is 1. The summed E-state index contributed by atoms with van der Waals surface area (Å²) in [4.78, 5) is 45.7. The lowest BCUT2D eigenvalue weighted by Crippen LogP contribution is -2.18. The van der Waals surface area contributed by atoms with E-state index in [2.05, 4.69) is 34.0 Å². The summed E-state index contributed by atoms with van der Waals surface area (Å²) < 4.78 is 54.1. The Balaban J connectivity index is 1.81. The van der Waals surface area contributed by atoms with Gasteiger partial charge in [-0.2, -0.15) is 13.4 Å². The van der Waals surface area contributed by atoms with Crippen molar-refractivity contribution in [2.24, 2.45) is 13.0 Å². The van der Waals surface area contributed by atoms with E-state index in [0.29, 0.717) is 17.8 Å². The number of nitrogens with zero attached hydrogens (tertiary/aromatic N) is 7. The van der Waals surface area contributed by atoms with Crippen LogP contribution in [0.2, 0.25) is 0 Å². The Bertz CT molecular complexity index is 1330. The van der Waals surface area contributed by atoms with Crippen molar-refractivity contribution in [3.8, 4) is 11.4 Å². The molecule has 0 saturated carbocycles. The van der Waals surface area contributed by atoms with Crippen LogP contribution in [0.25, 0.3) is 11.4 Å². The second-order valence-corrected chi connectivity index (χ2v) is 12.3. The summed E-state index contributed by atoms with van der Waals surface area (Å²) in [5, 5.41) is 12.0. The van der Waals surface area contributed by atoms with Crippen LogP contribution in [-0.2, 0) is 38.6 Å². The summed E-state index contributed by atoms with van der Waals surface area (Å²) in [5.74, 6) is 0.617. The lowest BCUT2D eigenvalue weighted by Gasteiger charge is -2.21. The highest BCUT2D eigenvalue weighted by Gasteiger charge is 2.42. The topological polar surface area (TPSA) is 269 Å². The van der Waals surface area contributed by atoms with Crippen molar-refractivity contribution < 1.29 is 51.2 Å². The molecule has 37 heavy (non-hydrogen) atoms. The molecule has 1 aliphatic rings. The number of tetrazole rings is 1. The molecule has 6 N–H and O–H groups in total. The SMILES string of the molecule is Cc1ncnc(N)cc(-c2nnn(C)n2)cn1C1OC(COP(=O)(O)OP(=O)(O)OP(=O)(O)O)CC1C. The van der Waals surface area contributed by atoms with Gasteiger partial charge in [0.2, 0.25) is 5.82 Å². The average Bonchev–Trinajstić information content (AvgIpc) is 3.32. The zero-order valence-corrected chi connectivity index (χ0v) is 22.3. The molecule has 0 radical (unpaired) electrons. The summed E-state index contributed by atoms with van der Waals surface area (Å²) in [6.45, 7) is 2.94. The number of aryl methyl sites for hydroxylation is 2.